The highest BCUT2D eigenvalue weighted by Crippen LogP contribution is 2.38. The van der Waals surface area contributed by atoms with Crippen molar-refractivity contribution in [2.75, 3.05) is 30.9 Å². The fourth-order valence-corrected chi connectivity index (χ4v) is 4.73. The summed E-state index contributed by atoms with van der Waals surface area (Å²) in [5.74, 6) is 1.89. The second-order valence-electron chi connectivity index (χ2n) is 6.24. The minimum atomic E-state index is -1.05. The molecular formula is C19H20ClN2O2S+. The van der Waals surface area contributed by atoms with Gasteiger partial charge >= 0.3 is 5.17 Å². The Kier molecular flexibility index (Phi) is 4.40. The van der Waals surface area contributed by atoms with E-state index in [0.29, 0.717) is 11.6 Å². The largest absolute Gasteiger partial charge is 0.497 e. The van der Waals surface area contributed by atoms with Crippen LogP contribution in [0.2, 0.25) is 5.02 Å². The van der Waals surface area contributed by atoms with Crippen LogP contribution in [0.3, 0.4) is 0 Å². The van der Waals surface area contributed by atoms with E-state index in [1.54, 1.807) is 18.9 Å². The van der Waals surface area contributed by atoms with Crippen LogP contribution in [-0.4, -0.2) is 40.8 Å². The van der Waals surface area contributed by atoms with Gasteiger partial charge in [-0.1, -0.05) is 23.7 Å². The number of benzene rings is 2. The van der Waals surface area contributed by atoms with Crippen LogP contribution in [-0.2, 0) is 5.72 Å². The summed E-state index contributed by atoms with van der Waals surface area (Å²) in [5.41, 5.74) is 0.876. The molecule has 0 fully saturated rings. The third kappa shape index (κ3) is 2.90. The van der Waals surface area contributed by atoms with Crippen LogP contribution in [0.5, 0.6) is 5.75 Å². The van der Waals surface area contributed by atoms with Gasteiger partial charge in [0.1, 0.15) is 11.4 Å². The van der Waals surface area contributed by atoms with Gasteiger partial charge < -0.3 is 9.84 Å². The van der Waals surface area contributed by atoms with Crippen molar-refractivity contribution in [1.29, 1.82) is 0 Å². The lowest BCUT2D eigenvalue weighted by atomic mass is 10.0. The molecule has 0 radical (unpaired) electrons. The van der Waals surface area contributed by atoms with Gasteiger partial charge in [0.2, 0.25) is 0 Å². The maximum absolute atomic E-state index is 11.6. The monoisotopic (exact) mass is 375 g/mol. The van der Waals surface area contributed by atoms with Crippen LogP contribution >= 0.6 is 23.4 Å². The van der Waals surface area contributed by atoms with Gasteiger partial charge in [0.05, 0.1) is 13.7 Å². The first-order chi connectivity index (χ1) is 12.1. The molecule has 0 aliphatic carbocycles. The first-order valence-electron chi connectivity index (χ1n) is 8.29. The summed E-state index contributed by atoms with van der Waals surface area (Å²) in [6, 6.07) is 15.5. The maximum Gasteiger partial charge on any atom is 0.316 e. The maximum atomic E-state index is 11.6. The number of aliphatic hydroxyl groups is 1. The van der Waals surface area contributed by atoms with Gasteiger partial charge in [-0.25, -0.2) is 9.48 Å². The fourth-order valence-electron chi connectivity index (χ4n) is 3.43. The van der Waals surface area contributed by atoms with Gasteiger partial charge in [-0.2, -0.15) is 0 Å². The van der Waals surface area contributed by atoms with Crippen LogP contribution in [0.1, 0.15) is 12.0 Å². The summed E-state index contributed by atoms with van der Waals surface area (Å²) in [5, 5.41) is 13.3. The summed E-state index contributed by atoms with van der Waals surface area (Å²) < 4.78 is 7.38. The lowest BCUT2D eigenvalue weighted by molar-refractivity contribution is -0.656. The molecule has 2 aliphatic heterocycles. The number of hydrogen-bond acceptors (Lipinski definition) is 4. The van der Waals surface area contributed by atoms with E-state index in [1.165, 1.54) is 0 Å². The highest BCUT2D eigenvalue weighted by molar-refractivity contribution is 8.13. The molecule has 0 amide bonds. The van der Waals surface area contributed by atoms with Gasteiger partial charge in [-0.15, -0.1) is 0 Å². The number of thioether (sulfide) groups is 1. The van der Waals surface area contributed by atoms with Crippen LogP contribution in [0.25, 0.3) is 0 Å². The Balaban J connectivity index is 1.75. The van der Waals surface area contributed by atoms with E-state index in [4.69, 9.17) is 16.3 Å². The van der Waals surface area contributed by atoms with E-state index in [0.717, 1.165) is 40.9 Å². The molecule has 25 heavy (non-hydrogen) atoms. The van der Waals surface area contributed by atoms with Crippen LogP contribution in [0.4, 0.5) is 5.69 Å². The molecule has 1 N–H and O–H groups in total. The molecule has 2 heterocycles. The molecule has 0 aromatic heterocycles. The first-order valence-corrected chi connectivity index (χ1v) is 9.65. The van der Waals surface area contributed by atoms with Gasteiger partial charge in [0, 0.05) is 16.3 Å². The third-order valence-electron chi connectivity index (χ3n) is 4.73. The molecule has 6 heteroatoms. The normalized spacial score (nSPS) is 22.9. The SMILES string of the molecule is COc1ccc(N2C[C@](O)(c3ccc(Cl)cc3)[N+]3=C2SCCC3)cc1. The predicted molar refractivity (Wildman–Crippen MR) is 103 cm³/mol. The molecule has 2 aromatic carbocycles. The fraction of sp³-hybridized carbons (Fsp3) is 0.316. The smallest absolute Gasteiger partial charge is 0.316 e. The Morgan fingerprint density at radius 3 is 2.56 bits per heavy atom. The van der Waals surface area contributed by atoms with E-state index in [1.807, 2.05) is 48.5 Å². The van der Waals surface area contributed by atoms with E-state index >= 15 is 0 Å². The van der Waals surface area contributed by atoms with Crippen molar-refractivity contribution in [2.24, 2.45) is 0 Å². The van der Waals surface area contributed by atoms with Gasteiger partial charge in [-0.3, -0.25) is 0 Å². The van der Waals surface area contributed by atoms with Crippen molar-refractivity contribution in [3.63, 3.8) is 0 Å². The minimum Gasteiger partial charge on any atom is -0.497 e. The van der Waals surface area contributed by atoms with Crippen molar-refractivity contribution >= 4 is 34.2 Å². The molecule has 4 rings (SSSR count). The number of nitrogens with zero attached hydrogens (tertiary/aromatic N) is 2. The molecule has 2 aliphatic rings. The number of hydrogen-bond donors (Lipinski definition) is 1. The molecule has 1 atom stereocenters. The Labute approximate surface area is 156 Å². The summed E-state index contributed by atoms with van der Waals surface area (Å²) >= 11 is 7.83. The quantitative estimate of drug-likeness (QED) is 0.833. The molecule has 0 unspecified atom stereocenters. The van der Waals surface area contributed by atoms with Crippen LogP contribution < -0.4 is 9.64 Å². The number of rotatable bonds is 3. The Bertz CT molecular complexity index is 807. The highest BCUT2D eigenvalue weighted by Gasteiger charge is 2.53. The summed E-state index contributed by atoms with van der Waals surface area (Å²) in [6.07, 6.45) is 1.06. The molecule has 0 saturated carbocycles. The number of ether oxygens (including phenoxy) is 1. The van der Waals surface area contributed by atoms with E-state index in [9.17, 15) is 5.11 Å². The molecule has 0 bridgehead atoms. The molecule has 2 aromatic rings. The number of anilines is 1. The molecular weight excluding hydrogens is 356 g/mol. The van der Waals surface area contributed by atoms with Crippen molar-refractivity contribution < 1.29 is 14.4 Å². The van der Waals surface area contributed by atoms with Crippen LogP contribution in [0, 0.1) is 0 Å². The van der Waals surface area contributed by atoms with E-state index < -0.39 is 5.72 Å². The Morgan fingerprint density at radius 1 is 1.16 bits per heavy atom. The van der Waals surface area contributed by atoms with E-state index in [2.05, 4.69) is 9.48 Å². The average Bonchev–Trinajstić information content (AvgIpc) is 2.97. The van der Waals surface area contributed by atoms with Gasteiger partial charge in [0.25, 0.3) is 5.72 Å². The van der Waals surface area contributed by atoms with Crippen molar-refractivity contribution in [1.82, 2.24) is 0 Å². The zero-order valence-electron chi connectivity index (χ0n) is 14.0. The van der Waals surface area contributed by atoms with Crippen molar-refractivity contribution in [3.05, 3.63) is 59.1 Å². The molecule has 4 nitrogen and oxygen atoms in total. The lowest BCUT2D eigenvalue weighted by Gasteiger charge is -2.24. The Hall–Kier alpha value is -1.69. The standard InChI is InChI=1S/C19H20ClN2O2S/c1-24-17-9-7-16(8-10-17)21-13-19(23,14-3-5-15(20)6-4-14)22-11-2-12-25-18(21)22/h3-10,23H,2,11-13H2,1H3/q+1/t19-/m0/s1. The molecule has 0 saturated heterocycles. The average molecular weight is 376 g/mol. The van der Waals surface area contributed by atoms with E-state index in [-0.39, 0.29) is 0 Å². The summed E-state index contributed by atoms with van der Waals surface area (Å²) in [4.78, 5) is 2.19. The number of halogens is 1. The first kappa shape index (κ1) is 16.8. The van der Waals surface area contributed by atoms with Gasteiger partial charge in [-0.05, 0) is 54.6 Å². The van der Waals surface area contributed by atoms with Gasteiger partial charge in [0.15, 0.2) is 6.54 Å². The molecule has 0 spiro atoms. The second kappa shape index (κ2) is 6.56. The third-order valence-corrected chi connectivity index (χ3v) is 6.18. The van der Waals surface area contributed by atoms with Crippen molar-refractivity contribution in [3.8, 4) is 5.75 Å². The topological polar surface area (TPSA) is 35.7 Å². The second-order valence-corrected chi connectivity index (χ2v) is 7.74. The minimum absolute atomic E-state index is 0.489. The zero-order valence-corrected chi connectivity index (χ0v) is 15.6. The summed E-state index contributed by atoms with van der Waals surface area (Å²) in [6.45, 7) is 1.33. The zero-order chi connectivity index (χ0) is 17.4. The summed E-state index contributed by atoms with van der Waals surface area (Å²) in [7, 11) is 1.66. The number of methoxy groups -OCH3 is 1. The lowest BCUT2D eigenvalue weighted by Crippen LogP contribution is -2.41. The predicted octanol–water partition coefficient (Wildman–Crippen LogP) is 3.52. The molecule has 130 valence electrons. The Morgan fingerprint density at radius 2 is 1.88 bits per heavy atom. The van der Waals surface area contributed by atoms with Crippen LogP contribution in [0.15, 0.2) is 48.5 Å². The number of amidine groups is 1. The van der Waals surface area contributed by atoms with Crippen molar-refractivity contribution in [2.45, 2.75) is 12.1 Å². The highest BCUT2D eigenvalue weighted by atomic mass is 35.5. The number of β-amino-alcohol motifs (C(OH)–C–C–N with tert-alkyl or cyclic N) is 1.